The van der Waals surface area contributed by atoms with Crippen LogP contribution >= 0.6 is 0 Å². The molecular formula is C34H30O8. The molecule has 0 radical (unpaired) electrons. The molecule has 4 aromatic carbocycles. The SMILES string of the molecule is CC1c2cc(OCOc3ccc(OCC4CO4)cc3)ccc2-c2ccc(OC(=O)c3ccc(OCC4CO4)cc3)cc21. The fourth-order valence-corrected chi connectivity index (χ4v) is 4.97. The standard InChI is InChI=1S/C34H30O8/c1-21-32-14-26(41-20-40-25-8-6-24(7-9-25)37-17-29-19-39-29)10-12-30(32)31-13-11-27(15-33(21)31)42-34(35)22-2-4-23(5-3-22)36-16-28-18-38-28/h2-15,21,28-29H,16-20H2,1H3. The van der Waals surface area contributed by atoms with Crippen molar-refractivity contribution < 1.29 is 38.0 Å². The van der Waals surface area contributed by atoms with E-state index in [1.54, 1.807) is 24.3 Å². The monoisotopic (exact) mass is 566 g/mol. The third-order valence-electron chi connectivity index (χ3n) is 7.52. The zero-order chi connectivity index (χ0) is 28.5. The quantitative estimate of drug-likeness (QED) is 0.0892. The van der Waals surface area contributed by atoms with Crippen molar-refractivity contribution in [1.29, 1.82) is 0 Å². The van der Waals surface area contributed by atoms with Gasteiger partial charge in [0.05, 0.1) is 18.8 Å². The summed E-state index contributed by atoms with van der Waals surface area (Å²) in [6, 6.07) is 26.2. The molecule has 1 aliphatic carbocycles. The maximum atomic E-state index is 12.8. The molecule has 3 aliphatic rings. The number of epoxide rings is 2. The third-order valence-corrected chi connectivity index (χ3v) is 7.52. The Morgan fingerprint density at radius 1 is 0.643 bits per heavy atom. The van der Waals surface area contributed by atoms with E-state index >= 15 is 0 Å². The van der Waals surface area contributed by atoms with Crippen LogP contribution in [0.3, 0.4) is 0 Å². The van der Waals surface area contributed by atoms with Crippen LogP contribution in [0.25, 0.3) is 11.1 Å². The average Bonchev–Trinajstić information content (AvgIpc) is 3.96. The lowest BCUT2D eigenvalue weighted by molar-refractivity contribution is 0.0734. The van der Waals surface area contributed by atoms with Gasteiger partial charge in [-0.25, -0.2) is 4.79 Å². The summed E-state index contributed by atoms with van der Waals surface area (Å²) >= 11 is 0. The predicted octanol–water partition coefficient (Wildman–Crippen LogP) is 6.01. The molecule has 4 aromatic rings. The summed E-state index contributed by atoms with van der Waals surface area (Å²) in [5, 5.41) is 0. The first kappa shape index (κ1) is 26.4. The summed E-state index contributed by atoms with van der Waals surface area (Å²) in [5.41, 5.74) is 4.98. The highest BCUT2D eigenvalue weighted by Crippen LogP contribution is 2.47. The summed E-state index contributed by atoms with van der Waals surface area (Å²) in [7, 11) is 0. The number of hydrogen-bond donors (Lipinski definition) is 0. The molecule has 42 heavy (non-hydrogen) atoms. The van der Waals surface area contributed by atoms with Crippen molar-refractivity contribution >= 4 is 5.97 Å². The van der Waals surface area contributed by atoms with E-state index in [0.29, 0.717) is 36.0 Å². The van der Waals surface area contributed by atoms with Crippen molar-refractivity contribution in [3.63, 3.8) is 0 Å². The maximum absolute atomic E-state index is 12.8. The Morgan fingerprint density at radius 2 is 1.10 bits per heavy atom. The van der Waals surface area contributed by atoms with Crippen molar-refractivity contribution in [3.05, 3.63) is 102 Å². The first-order valence-corrected chi connectivity index (χ1v) is 14.0. The lowest BCUT2D eigenvalue weighted by Crippen LogP contribution is -2.09. The van der Waals surface area contributed by atoms with Crippen molar-refractivity contribution in [3.8, 4) is 39.9 Å². The minimum absolute atomic E-state index is 0.0817. The Bertz CT molecular complexity index is 1570. The largest absolute Gasteiger partial charge is 0.491 e. The van der Waals surface area contributed by atoms with Crippen LogP contribution in [-0.4, -0.2) is 51.4 Å². The van der Waals surface area contributed by atoms with Crippen molar-refractivity contribution in [2.45, 2.75) is 25.0 Å². The first-order chi connectivity index (χ1) is 20.6. The molecule has 3 atom stereocenters. The normalized spacial score (nSPS) is 19.3. The lowest BCUT2D eigenvalue weighted by Gasteiger charge is -2.12. The molecule has 3 unspecified atom stereocenters. The molecule has 2 aliphatic heterocycles. The molecule has 0 N–H and O–H groups in total. The summed E-state index contributed by atoms with van der Waals surface area (Å²) in [4.78, 5) is 12.8. The van der Waals surface area contributed by atoms with E-state index in [9.17, 15) is 4.79 Å². The van der Waals surface area contributed by atoms with Gasteiger partial charge in [0.25, 0.3) is 0 Å². The molecule has 0 aromatic heterocycles. The van der Waals surface area contributed by atoms with Crippen molar-refractivity contribution in [2.24, 2.45) is 0 Å². The van der Waals surface area contributed by atoms with Gasteiger partial charge < -0.3 is 33.2 Å². The van der Waals surface area contributed by atoms with Crippen LogP contribution in [0, 0.1) is 0 Å². The molecule has 214 valence electrons. The van der Waals surface area contributed by atoms with E-state index in [2.05, 4.69) is 13.0 Å². The molecular weight excluding hydrogens is 536 g/mol. The third kappa shape index (κ3) is 6.05. The summed E-state index contributed by atoms with van der Waals surface area (Å²) in [5.74, 6) is 3.10. The van der Waals surface area contributed by atoms with Crippen molar-refractivity contribution in [2.75, 3.05) is 33.2 Å². The van der Waals surface area contributed by atoms with E-state index in [1.165, 1.54) is 0 Å². The van der Waals surface area contributed by atoms with Crippen LogP contribution < -0.4 is 23.7 Å². The highest BCUT2D eigenvalue weighted by Gasteiger charge is 2.27. The number of fused-ring (bicyclic) bond motifs is 3. The number of hydrogen-bond acceptors (Lipinski definition) is 8. The lowest BCUT2D eigenvalue weighted by atomic mass is 9.99. The van der Waals surface area contributed by atoms with Crippen LogP contribution in [0.5, 0.6) is 28.7 Å². The highest BCUT2D eigenvalue weighted by molar-refractivity contribution is 5.91. The van der Waals surface area contributed by atoms with Gasteiger partial charge in [0, 0.05) is 5.92 Å². The minimum Gasteiger partial charge on any atom is -0.491 e. The summed E-state index contributed by atoms with van der Waals surface area (Å²) in [6.07, 6.45) is 0.401. The van der Waals surface area contributed by atoms with Gasteiger partial charge >= 0.3 is 5.97 Å². The number of carbonyl (C=O) groups is 1. The summed E-state index contributed by atoms with van der Waals surface area (Å²) in [6.45, 7) is 4.81. The zero-order valence-electron chi connectivity index (χ0n) is 23.1. The smallest absolute Gasteiger partial charge is 0.343 e. The number of carbonyl (C=O) groups excluding carboxylic acids is 1. The van der Waals surface area contributed by atoms with Gasteiger partial charge in [0.2, 0.25) is 6.79 Å². The van der Waals surface area contributed by atoms with Crippen molar-refractivity contribution in [1.82, 2.24) is 0 Å². The Kier molecular flexibility index (Phi) is 7.15. The Labute approximate surface area is 243 Å². The van der Waals surface area contributed by atoms with Crippen LogP contribution in [0.4, 0.5) is 0 Å². The van der Waals surface area contributed by atoms with E-state index in [4.69, 9.17) is 33.2 Å². The number of benzene rings is 4. The molecule has 2 saturated heterocycles. The molecule has 2 fully saturated rings. The molecule has 8 nitrogen and oxygen atoms in total. The number of rotatable bonds is 12. The Hall–Kier alpha value is -4.53. The van der Waals surface area contributed by atoms with Gasteiger partial charge in [-0.05, 0) is 95.1 Å². The number of esters is 1. The second-order valence-electron chi connectivity index (χ2n) is 10.5. The second kappa shape index (κ2) is 11.4. The van der Waals surface area contributed by atoms with Gasteiger partial charge in [-0.2, -0.15) is 0 Å². The topological polar surface area (TPSA) is 88.3 Å². The van der Waals surface area contributed by atoms with E-state index in [0.717, 1.165) is 47.0 Å². The fraction of sp³-hybridized carbons (Fsp3) is 0.265. The number of ether oxygens (including phenoxy) is 7. The summed E-state index contributed by atoms with van der Waals surface area (Å²) < 4.78 is 39.0. The minimum atomic E-state index is -0.416. The Balaban J connectivity index is 0.945. The van der Waals surface area contributed by atoms with Crippen LogP contribution in [0.2, 0.25) is 0 Å². The molecule has 0 amide bonds. The second-order valence-corrected chi connectivity index (χ2v) is 10.5. The van der Waals surface area contributed by atoms with Crippen LogP contribution in [-0.2, 0) is 9.47 Å². The average molecular weight is 567 g/mol. The van der Waals surface area contributed by atoms with E-state index in [-0.39, 0.29) is 24.9 Å². The van der Waals surface area contributed by atoms with Gasteiger partial charge in [0.15, 0.2) is 0 Å². The molecule has 0 bridgehead atoms. The fourth-order valence-electron chi connectivity index (χ4n) is 4.97. The molecule has 0 saturated carbocycles. The zero-order valence-corrected chi connectivity index (χ0v) is 23.1. The van der Waals surface area contributed by atoms with Crippen LogP contribution in [0.1, 0.15) is 34.3 Å². The highest BCUT2D eigenvalue weighted by atomic mass is 16.7. The van der Waals surface area contributed by atoms with Gasteiger partial charge in [-0.15, -0.1) is 0 Å². The van der Waals surface area contributed by atoms with E-state index in [1.807, 2.05) is 54.6 Å². The Morgan fingerprint density at radius 3 is 1.67 bits per heavy atom. The predicted molar refractivity (Wildman–Crippen MR) is 154 cm³/mol. The molecule has 0 spiro atoms. The van der Waals surface area contributed by atoms with Crippen LogP contribution in [0.15, 0.2) is 84.9 Å². The first-order valence-electron chi connectivity index (χ1n) is 14.0. The van der Waals surface area contributed by atoms with Gasteiger partial charge in [0.1, 0.15) is 54.2 Å². The molecule has 2 heterocycles. The molecule has 7 rings (SSSR count). The molecule has 8 heteroatoms. The maximum Gasteiger partial charge on any atom is 0.343 e. The van der Waals surface area contributed by atoms with Gasteiger partial charge in [-0.3, -0.25) is 0 Å². The van der Waals surface area contributed by atoms with Gasteiger partial charge in [-0.1, -0.05) is 19.1 Å². The van der Waals surface area contributed by atoms with E-state index < -0.39 is 5.97 Å².